The lowest BCUT2D eigenvalue weighted by Gasteiger charge is -1.93. The van der Waals surface area contributed by atoms with Gasteiger partial charge in [0, 0.05) is 6.20 Å². The van der Waals surface area contributed by atoms with Crippen molar-refractivity contribution < 1.29 is 4.74 Å². The van der Waals surface area contributed by atoms with Crippen LogP contribution in [0.1, 0.15) is 27.7 Å². The van der Waals surface area contributed by atoms with Gasteiger partial charge in [0.15, 0.2) is 0 Å². The van der Waals surface area contributed by atoms with Gasteiger partial charge < -0.3 is 4.74 Å². The van der Waals surface area contributed by atoms with E-state index in [2.05, 4.69) is 18.8 Å². The SMILES string of the molecule is C.CCC.COc1cccnc1. The molecule has 0 aliphatic rings. The van der Waals surface area contributed by atoms with Crippen molar-refractivity contribution in [3.63, 3.8) is 0 Å². The molecule has 0 aliphatic carbocycles. The highest BCUT2D eigenvalue weighted by Gasteiger charge is 1.81. The molecule has 2 heteroatoms. The summed E-state index contributed by atoms with van der Waals surface area (Å²) in [6.07, 6.45) is 4.63. The Kier molecular flexibility index (Phi) is 11.2. The van der Waals surface area contributed by atoms with E-state index < -0.39 is 0 Å². The van der Waals surface area contributed by atoms with Crippen molar-refractivity contribution in [3.8, 4) is 5.75 Å². The molecule has 1 rings (SSSR count). The first-order valence-corrected chi connectivity index (χ1v) is 3.79. The molecule has 0 saturated heterocycles. The van der Waals surface area contributed by atoms with Gasteiger partial charge in [-0.05, 0) is 12.1 Å². The lowest BCUT2D eigenvalue weighted by atomic mass is 10.5. The molecule has 12 heavy (non-hydrogen) atoms. The summed E-state index contributed by atoms with van der Waals surface area (Å²) in [6, 6.07) is 3.69. The van der Waals surface area contributed by atoms with Gasteiger partial charge in [-0.25, -0.2) is 0 Å². The largest absolute Gasteiger partial charge is 0.495 e. The van der Waals surface area contributed by atoms with Crippen molar-refractivity contribution in [1.29, 1.82) is 0 Å². The maximum absolute atomic E-state index is 4.85. The molecule has 0 atom stereocenters. The summed E-state index contributed by atoms with van der Waals surface area (Å²) in [5.41, 5.74) is 0. The molecule has 70 valence electrons. The van der Waals surface area contributed by atoms with Crippen LogP contribution in [0, 0.1) is 0 Å². The third-order valence-electron chi connectivity index (χ3n) is 0.870. The van der Waals surface area contributed by atoms with Crippen LogP contribution in [0.15, 0.2) is 24.5 Å². The van der Waals surface area contributed by atoms with Crippen LogP contribution in [0.5, 0.6) is 5.75 Å². The molecule has 1 aromatic heterocycles. The summed E-state index contributed by atoms with van der Waals surface area (Å²) in [5, 5.41) is 0. The molecular formula is C10H19NO. The van der Waals surface area contributed by atoms with Gasteiger partial charge in [0.2, 0.25) is 0 Å². The van der Waals surface area contributed by atoms with Crippen LogP contribution >= 0.6 is 0 Å². The van der Waals surface area contributed by atoms with Gasteiger partial charge in [-0.2, -0.15) is 0 Å². The fourth-order valence-corrected chi connectivity index (χ4v) is 0.468. The highest BCUT2D eigenvalue weighted by molar-refractivity contribution is 5.14. The number of hydrogen-bond acceptors (Lipinski definition) is 2. The Labute approximate surface area is 75.6 Å². The van der Waals surface area contributed by atoms with Crippen LogP contribution in [0.25, 0.3) is 0 Å². The first-order chi connectivity index (χ1) is 5.35. The molecule has 0 amide bonds. The molecule has 0 radical (unpaired) electrons. The van der Waals surface area contributed by atoms with Crippen molar-refractivity contribution in [2.75, 3.05) is 7.11 Å². The van der Waals surface area contributed by atoms with E-state index >= 15 is 0 Å². The van der Waals surface area contributed by atoms with Crippen molar-refractivity contribution in [3.05, 3.63) is 24.5 Å². The summed E-state index contributed by atoms with van der Waals surface area (Å²) >= 11 is 0. The molecule has 1 aromatic rings. The molecule has 1 heterocycles. The molecule has 0 spiro atoms. The van der Waals surface area contributed by atoms with Gasteiger partial charge >= 0.3 is 0 Å². The first-order valence-electron chi connectivity index (χ1n) is 3.79. The third kappa shape index (κ3) is 7.06. The Bertz CT molecular complexity index is 163. The Hall–Kier alpha value is -1.05. The Balaban J connectivity index is 0. The number of aromatic nitrogens is 1. The van der Waals surface area contributed by atoms with Gasteiger partial charge in [0.25, 0.3) is 0 Å². The number of hydrogen-bond donors (Lipinski definition) is 0. The average Bonchev–Trinajstić information content (AvgIpc) is 2.08. The zero-order chi connectivity index (χ0) is 8.53. The van der Waals surface area contributed by atoms with Crippen LogP contribution in [0.4, 0.5) is 0 Å². The minimum Gasteiger partial charge on any atom is -0.495 e. The van der Waals surface area contributed by atoms with Crippen molar-refractivity contribution in [2.24, 2.45) is 0 Å². The molecule has 0 aliphatic heterocycles. The number of rotatable bonds is 1. The lowest BCUT2D eigenvalue weighted by Crippen LogP contribution is -1.80. The van der Waals surface area contributed by atoms with E-state index in [9.17, 15) is 0 Å². The highest BCUT2D eigenvalue weighted by Crippen LogP contribution is 2.02. The fourth-order valence-electron chi connectivity index (χ4n) is 0.468. The third-order valence-corrected chi connectivity index (χ3v) is 0.870. The van der Waals surface area contributed by atoms with Crippen LogP contribution in [-0.2, 0) is 0 Å². The van der Waals surface area contributed by atoms with Gasteiger partial charge in [-0.3, -0.25) is 4.98 Å². The molecule has 0 unspecified atom stereocenters. The normalized spacial score (nSPS) is 7.25. The van der Waals surface area contributed by atoms with Gasteiger partial charge in [-0.1, -0.05) is 27.7 Å². The van der Waals surface area contributed by atoms with E-state index in [1.54, 1.807) is 19.5 Å². The second-order valence-electron chi connectivity index (χ2n) is 2.10. The molecule has 0 N–H and O–H groups in total. The monoisotopic (exact) mass is 169 g/mol. The van der Waals surface area contributed by atoms with Crippen molar-refractivity contribution in [1.82, 2.24) is 4.98 Å². The maximum atomic E-state index is 4.85. The van der Waals surface area contributed by atoms with E-state index in [4.69, 9.17) is 4.74 Å². The van der Waals surface area contributed by atoms with Gasteiger partial charge in [0.1, 0.15) is 5.75 Å². The number of nitrogens with zero attached hydrogens (tertiary/aromatic N) is 1. The number of methoxy groups -OCH3 is 1. The second kappa shape index (κ2) is 9.95. The summed E-state index contributed by atoms with van der Waals surface area (Å²) in [4.78, 5) is 3.83. The van der Waals surface area contributed by atoms with E-state index in [1.165, 1.54) is 6.42 Å². The Morgan fingerprint density at radius 2 is 2.00 bits per heavy atom. The van der Waals surface area contributed by atoms with Crippen molar-refractivity contribution >= 4 is 0 Å². The van der Waals surface area contributed by atoms with Crippen LogP contribution in [-0.4, -0.2) is 12.1 Å². The summed E-state index contributed by atoms with van der Waals surface area (Å²) in [5.74, 6) is 0.799. The molecular weight excluding hydrogens is 150 g/mol. The van der Waals surface area contributed by atoms with E-state index in [0.717, 1.165) is 5.75 Å². The molecule has 2 nitrogen and oxygen atoms in total. The minimum atomic E-state index is 0. The van der Waals surface area contributed by atoms with E-state index in [1.807, 2.05) is 12.1 Å². The summed E-state index contributed by atoms with van der Waals surface area (Å²) in [7, 11) is 1.62. The maximum Gasteiger partial charge on any atom is 0.137 e. The van der Waals surface area contributed by atoms with Gasteiger partial charge in [-0.15, -0.1) is 0 Å². The van der Waals surface area contributed by atoms with E-state index in [0.29, 0.717) is 0 Å². The van der Waals surface area contributed by atoms with Crippen LogP contribution in [0.2, 0.25) is 0 Å². The van der Waals surface area contributed by atoms with Crippen molar-refractivity contribution in [2.45, 2.75) is 27.7 Å². The zero-order valence-corrected chi connectivity index (χ0v) is 7.37. The summed E-state index contributed by atoms with van der Waals surface area (Å²) < 4.78 is 4.85. The Morgan fingerprint density at radius 3 is 2.25 bits per heavy atom. The number of pyridine rings is 1. The number of ether oxygens (including phenoxy) is 1. The average molecular weight is 169 g/mol. The first kappa shape index (κ1) is 13.5. The van der Waals surface area contributed by atoms with Crippen LogP contribution in [0.3, 0.4) is 0 Å². The standard InChI is InChI=1S/C6H7NO.C3H8.CH4/c1-8-6-3-2-4-7-5-6;1-3-2;/h2-5H,1H3;3H2,1-2H3;1H4. The van der Waals surface area contributed by atoms with Crippen LogP contribution < -0.4 is 4.74 Å². The molecule has 0 aromatic carbocycles. The highest BCUT2D eigenvalue weighted by atomic mass is 16.5. The molecule has 0 bridgehead atoms. The summed E-state index contributed by atoms with van der Waals surface area (Å²) in [6.45, 7) is 4.25. The molecule has 0 fully saturated rings. The quantitative estimate of drug-likeness (QED) is 0.644. The predicted molar refractivity (Wildman–Crippen MR) is 53.5 cm³/mol. The smallest absolute Gasteiger partial charge is 0.137 e. The topological polar surface area (TPSA) is 22.1 Å². The lowest BCUT2D eigenvalue weighted by molar-refractivity contribution is 0.413. The minimum absolute atomic E-state index is 0. The van der Waals surface area contributed by atoms with E-state index in [-0.39, 0.29) is 7.43 Å². The fraction of sp³-hybridized carbons (Fsp3) is 0.500. The second-order valence-corrected chi connectivity index (χ2v) is 2.10. The molecule has 0 saturated carbocycles. The zero-order valence-electron chi connectivity index (χ0n) is 7.37. The Morgan fingerprint density at radius 1 is 1.42 bits per heavy atom. The predicted octanol–water partition coefficient (Wildman–Crippen LogP) is 3.14. The van der Waals surface area contributed by atoms with Gasteiger partial charge in [0.05, 0.1) is 13.3 Å².